The van der Waals surface area contributed by atoms with E-state index in [1.165, 1.54) is 24.2 Å². The Labute approximate surface area is 123 Å². The molecule has 0 aliphatic carbocycles. The molecular weight excluding hydrogens is 248 g/mol. The monoisotopic (exact) mass is 276 g/mol. The fourth-order valence-electron chi connectivity index (χ4n) is 2.60. The van der Waals surface area contributed by atoms with Crippen molar-refractivity contribution in [3.8, 4) is 0 Å². The largest absolute Gasteiger partial charge is 0.381 e. The summed E-state index contributed by atoms with van der Waals surface area (Å²) in [6.45, 7) is 10.5. The number of para-hydroxylation sites is 2. The third kappa shape index (κ3) is 4.41. The minimum absolute atomic E-state index is 0.514. The van der Waals surface area contributed by atoms with E-state index in [0.717, 1.165) is 32.2 Å². The summed E-state index contributed by atoms with van der Waals surface area (Å²) in [4.78, 5) is 2.42. The van der Waals surface area contributed by atoms with Gasteiger partial charge in [-0.1, -0.05) is 26.0 Å². The van der Waals surface area contributed by atoms with E-state index in [0.29, 0.717) is 6.04 Å². The number of benzene rings is 1. The van der Waals surface area contributed by atoms with E-state index < -0.39 is 0 Å². The van der Waals surface area contributed by atoms with Gasteiger partial charge in [0.2, 0.25) is 0 Å². The number of nitrogens with zero attached hydrogens (tertiary/aromatic N) is 1. The van der Waals surface area contributed by atoms with Crippen molar-refractivity contribution >= 4 is 11.4 Å². The van der Waals surface area contributed by atoms with Crippen LogP contribution < -0.4 is 10.2 Å². The Morgan fingerprint density at radius 1 is 1.10 bits per heavy atom. The summed E-state index contributed by atoms with van der Waals surface area (Å²) < 4.78 is 5.44. The number of ether oxygens (including phenoxy) is 1. The molecule has 3 heteroatoms. The van der Waals surface area contributed by atoms with Gasteiger partial charge in [0.15, 0.2) is 0 Å². The first kappa shape index (κ1) is 15.2. The second-order valence-corrected chi connectivity index (χ2v) is 6.13. The number of hydrogen-bond acceptors (Lipinski definition) is 3. The average Bonchev–Trinajstić information content (AvgIpc) is 2.47. The number of nitrogens with one attached hydrogen (secondary N) is 1. The molecule has 0 aromatic heterocycles. The zero-order chi connectivity index (χ0) is 14.4. The van der Waals surface area contributed by atoms with Crippen molar-refractivity contribution in [2.45, 2.75) is 39.7 Å². The van der Waals surface area contributed by atoms with Gasteiger partial charge in [0.25, 0.3) is 0 Å². The molecule has 1 fully saturated rings. The molecule has 0 saturated carbocycles. The predicted octanol–water partition coefficient (Wildman–Crippen LogP) is 3.76. The highest BCUT2D eigenvalue weighted by Gasteiger charge is 2.15. The first-order chi connectivity index (χ1) is 9.66. The molecule has 1 unspecified atom stereocenters. The van der Waals surface area contributed by atoms with E-state index in [-0.39, 0.29) is 0 Å². The molecule has 2 rings (SSSR count). The Kier molecular flexibility index (Phi) is 5.72. The quantitative estimate of drug-likeness (QED) is 0.856. The van der Waals surface area contributed by atoms with Crippen LogP contribution in [0, 0.1) is 5.92 Å². The topological polar surface area (TPSA) is 24.5 Å². The number of morpholine rings is 1. The fraction of sp³-hybridized carbons (Fsp3) is 0.647. The number of anilines is 2. The van der Waals surface area contributed by atoms with Crippen LogP contribution in [0.15, 0.2) is 24.3 Å². The maximum Gasteiger partial charge on any atom is 0.0642 e. The Morgan fingerprint density at radius 3 is 2.50 bits per heavy atom. The van der Waals surface area contributed by atoms with Gasteiger partial charge in [-0.25, -0.2) is 0 Å². The summed E-state index contributed by atoms with van der Waals surface area (Å²) >= 11 is 0. The zero-order valence-corrected chi connectivity index (χ0v) is 13.1. The molecule has 3 nitrogen and oxygen atoms in total. The second-order valence-electron chi connectivity index (χ2n) is 6.13. The van der Waals surface area contributed by atoms with Gasteiger partial charge in [0.1, 0.15) is 0 Å². The van der Waals surface area contributed by atoms with E-state index >= 15 is 0 Å². The highest BCUT2D eigenvalue weighted by Crippen LogP contribution is 2.27. The Hall–Kier alpha value is -1.22. The van der Waals surface area contributed by atoms with Crippen LogP contribution in [0.5, 0.6) is 0 Å². The molecule has 0 radical (unpaired) electrons. The van der Waals surface area contributed by atoms with Gasteiger partial charge >= 0.3 is 0 Å². The maximum absolute atomic E-state index is 5.44. The normalized spacial score (nSPS) is 17.3. The Bertz CT molecular complexity index is 400. The van der Waals surface area contributed by atoms with Crippen molar-refractivity contribution < 1.29 is 4.74 Å². The van der Waals surface area contributed by atoms with Crippen molar-refractivity contribution in [1.29, 1.82) is 0 Å². The van der Waals surface area contributed by atoms with E-state index in [1.807, 2.05) is 0 Å². The smallest absolute Gasteiger partial charge is 0.0642 e. The third-order valence-corrected chi connectivity index (χ3v) is 3.83. The Balaban J connectivity index is 1.99. The molecule has 1 aliphatic rings. The van der Waals surface area contributed by atoms with Crippen LogP contribution in [0.25, 0.3) is 0 Å². The van der Waals surface area contributed by atoms with Gasteiger partial charge in [0.05, 0.1) is 24.6 Å². The molecule has 1 aromatic carbocycles. The predicted molar refractivity (Wildman–Crippen MR) is 86.6 cm³/mol. The van der Waals surface area contributed by atoms with Gasteiger partial charge < -0.3 is 15.0 Å². The van der Waals surface area contributed by atoms with Crippen LogP contribution in [-0.4, -0.2) is 32.3 Å². The molecule has 20 heavy (non-hydrogen) atoms. The minimum atomic E-state index is 0.514. The average molecular weight is 276 g/mol. The first-order valence-corrected chi connectivity index (χ1v) is 7.85. The van der Waals surface area contributed by atoms with Crippen LogP contribution in [0.1, 0.15) is 33.6 Å². The molecule has 0 spiro atoms. The molecule has 1 heterocycles. The van der Waals surface area contributed by atoms with Crippen molar-refractivity contribution in [3.05, 3.63) is 24.3 Å². The zero-order valence-electron chi connectivity index (χ0n) is 13.1. The molecule has 112 valence electrons. The summed E-state index contributed by atoms with van der Waals surface area (Å²) in [7, 11) is 0. The summed E-state index contributed by atoms with van der Waals surface area (Å²) in [6, 6.07) is 9.15. The van der Waals surface area contributed by atoms with Crippen molar-refractivity contribution in [1.82, 2.24) is 0 Å². The summed E-state index contributed by atoms with van der Waals surface area (Å²) in [5, 5.41) is 3.68. The van der Waals surface area contributed by atoms with Gasteiger partial charge in [-0.2, -0.15) is 0 Å². The minimum Gasteiger partial charge on any atom is -0.381 e. The van der Waals surface area contributed by atoms with Gasteiger partial charge in [-0.05, 0) is 37.8 Å². The second kappa shape index (κ2) is 7.53. The number of hydrogen-bond donors (Lipinski definition) is 1. The van der Waals surface area contributed by atoms with E-state index in [2.05, 4.69) is 55.3 Å². The third-order valence-electron chi connectivity index (χ3n) is 3.83. The molecule has 1 N–H and O–H groups in total. The molecule has 1 atom stereocenters. The van der Waals surface area contributed by atoms with Gasteiger partial charge in [-0.15, -0.1) is 0 Å². The van der Waals surface area contributed by atoms with Crippen LogP contribution >= 0.6 is 0 Å². The standard InChI is InChI=1S/C17H28N2O/c1-14(2)8-9-15(3)18-16-6-4-5-7-17(16)19-10-12-20-13-11-19/h4-7,14-15,18H,8-13H2,1-3H3. The molecule has 1 aromatic rings. The summed E-state index contributed by atoms with van der Waals surface area (Å²) in [6.07, 6.45) is 2.49. The lowest BCUT2D eigenvalue weighted by Crippen LogP contribution is -2.36. The molecular formula is C17H28N2O. The number of rotatable bonds is 6. The molecule has 0 bridgehead atoms. The van der Waals surface area contributed by atoms with Crippen molar-refractivity contribution in [2.24, 2.45) is 5.92 Å². The summed E-state index contributed by atoms with van der Waals surface area (Å²) in [5.74, 6) is 0.772. The van der Waals surface area contributed by atoms with E-state index in [9.17, 15) is 0 Å². The summed E-state index contributed by atoms with van der Waals surface area (Å²) in [5.41, 5.74) is 2.57. The van der Waals surface area contributed by atoms with Crippen molar-refractivity contribution in [2.75, 3.05) is 36.5 Å². The highest BCUT2D eigenvalue weighted by molar-refractivity contribution is 5.70. The molecule has 1 saturated heterocycles. The molecule has 0 amide bonds. The van der Waals surface area contributed by atoms with E-state index in [4.69, 9.17) is 4.74 Å². The van der Waals surface area contributed by atoms with Gasteiger partial charge in [0, 0.05) is 19.1 Å². The van der Waals surface area contributed by atoms with Crippen LogP contribution in [-0.2, 0) is 4.74 Å². The van der Waals surface area contributed by atoms with Gasteiger partial charge in [-0.3, -0.25) is 0 Å². The maximum atomic E-state index is 5.44. The lowest BCUT2D eigenvalue weighted by atomic mass is 10.0. The lowest BCUT2D eigenvalue weighted by Gasteiger charge is -2.31. The van der Waals surface area contributed by atoms with Crippen LogP contribution in [0.2, 0.25) is 0 Å². The van der Waals surface area contributed by atoms with E-state index in [1.54, 1.807) is 0 Å². The Morgan fingerprint density at radius 2 is 1.80 bits per heavy atom. The lowest BCUT2D eigenvalue weighted by molar-refractivity contribution is 0.123. The molecule has 1 aliphatic heterocycles. The van der Waals surface area contributed by atoms with Crippen LogP contribution in [0.4, 0.5) is 11.4 Å². The van der Waals surface area contributed by atoms with Crippen molar-refractivity contribution in [3.63, 3.8) is 0 Å². The first-order valence-electron chi connectivity index (χ1n) is 7.85. The van der Waals surface area contributed by atoms with Crippen LogP contribution in [0.3, 0.4) is 0 Å². The SMILES string of the molecule is CC(C)CCC(C)Nc1ccccc1N1CCOCC1. The highest BCUT2D eigenvalue weighted by atomic mass is 16.5. The fourth-order valence-corrected chi connectivity index (χ4v) is 2.60.